The lowest BCUT2D eigenvalue weighted by Crippen LogP contribution is -2.22. The number of amides is 2. The molecule has 6 N–H and O–H groups in total. The van der Waals surface area contributed by atoms with E-state index in [9.17, 15) is 14.3 Å². The van der Waals surface area contributed by atoms with Crippen LogP contribution >= 0.6 is 23.3 Å². The normalized spacial score (nSPS) is 11.4. The lowest BCUT2D eigenvalue weighted by atomic mass is 9.92. The van der Waals surface area contributed by atoms with Crippen LogP contribution < -0.4 is 16.2 Å². The molecule has 28 heavy (non-hydrogen) atoms. The van der Waals surface area contributed by atoms with E-state index in [1.54, 1.807) is 13.8 Å². The zero-order valence-corrected chi connectivity index (χ0v) is 18.8. The lowest BCUT2D eigenvalue weighted by molar-refractivity contribution is 0.0825. The molecule has 0 spiro atoms. The number of halogens is 1. The number of carbonyl (C=O) groups is 1. The van der Waals surface area contributed by atoms with Crippen LogP contribution in [0.2, 0.25) is 0 Å². The van der Waals surface area contributed by atoms with E-state index in [1.165, 1.54) is 35.4 Å². The van der Waals surface area contributed by atoms with Crippen molar-refractivity contribution in [1.29, 1.82) is 0 Å². The number of hydrogen-bond acceptors (Lipinski definition) is 5. The Morgan fingerprint density at radius 1 is 1.18 bits per heavy atom. The molecule has 0 aliphatic rings. The average Bonchev–Trinajstić information content (AvgIpc) is 3.05. The zero-order valence-electron chi connectivity index (χ0n) is 17.2. The standard InChI is InChI=1S/C13H19FN2O.C7H11NOS2/c1-7(2)10-5-9(14)6-11(8(3)4)12(10)16-13(15)17;1-7(2,9)5-3-4-6(10-5)11-8/h5-8H,1-4H3,(H3,15,16,17);3-4,9H,8H2,1-2H3. The first-order valence-corrected chi connectivity index (χ1v) is 10.7. The molecular weight excluding hydrogens is 397 g/mol. The van der Waals surface area contributed by atoms with Crippen molar-refractivity contribution in [2.75, 3.05) is 5.32 Å². The van der Waals surface area contributed by atoms with Gasteiger partial charge in [-0.1, -0.05) is 27.7 Å². The molecular formula is C20H30FN3O2S2. The quantitative estimate of drug-likeness (QED) is 0.473. The molecule has 0 saturated carbocycles. The fraction of sp³-hybridized carbons (Fsp3) is 0.450. The number of hydrogen-bond donors (Lipinski definition) is 4. The maximum atomic E-state index is 13.5. The highest BCUT2D eigenvalue weighted by Crippen LogP contribution is 2.33. The first-order valence-electron chi connectivity index (χ1n) is 8.96. The third-order valence-corrected chi connectivity index (χ3v) is 6.06. The molecule has 156 valence electrons. The fourth-order valence-corrected chi connectivity index (χ4v) is 3.89. The minimum Gasteiger partial charge on any atom is -0.385 e. The van der Waals surface area contributed by atoms with E-state index in [2.05, 4.69) is 5.32 Å². The van der Waals surface area contributed by atoms with Gasteiger partial charge in [0, 0.05) is 10.6 Å². The highest BCUT2D eigenvalue weighted by molar-refractivity contribution is 7.99. The maximum absolute atomic E-state index is 13.5. The number of thiophene rings is 1. The second-order valence-corrected chi connectivity index (χ2v) is 9.57. The minimum atomic E-state index is -0.737. The summed E-state index contributed by atoms with van der Waals surface area (Å²) in [5, 5.41) is 17.5. The van der Waals surface area contributed by atoms with Gasteiger partial charge in [-0.05, 0) is 73.0 Å². The second kappa shape index (κ2) is 10.2. The summed E-state index contributed by atoms with van der Waals surface area (Å²) in [5.41, 5.74) is 6.60. The van der Waals surface area contributed by atoms with E-state index in [0.29, 0.717) is 5.69 Å². The highest BCUT2D eigenvalue weighted by Gasteiger charge is 2.18. The van der Waals surface area contributed by atoms with Crippen molar-refractivity contribution in [2.24, 2.45) is 10.9 Å². The van der Waals surface area contributed by atoms with Crippen LogP contribution in [0.5, 0.6) is 0 Å². The third-order valence-electron chi connectivity index (χ3n) is 3.96. The highest BCUT2D eigenvalue weighted by atomic mass is 32.2. The number of anilines is 1. The van der Waals surface area contributed by atoms with Gasteiger partial charge in [0.05, 0.1) is 9.81 Å². The Morgan fingerprint density at radius 3 is 1.96 bits per heavy atom. The molecule has 2 rings (SSSR count). The number of carbonyl (C=O) groups excluding carboxylic acids is 1. The molecule has 0 fully saturated rings. The fourth-order valence-electron chi connectivity index (χ4n) is 2.54. The number of urea groups is 1. The number of nitrogens with one attached hydrogen (secondary N) is 1. The smallest absolute Gasteiger partial charge is 0.316 e. The van der Waals surface area contributed by atoms with Crippen LogP contribution in [-0.2, 0) is 5.60 Å². The Bertz CT molecular complexity index is 770. The molecule has 0 bridgehead atoms. The van der Waals surface area contributed by atoms with Gasteiger partial charge in [-0.25, -0.2) is 9.18 Å². The van der Waals surface area contributed by atoms with E-state index < -0.39 is 11.6 Å². The van der Waals surface area contributed by atoms with Crippen LogP contribution in [0.1, 0.15) is 69.4 Å². The summed E-state index contributed by atoms with van der Waals surface area (Å²) >= 11 is 2.74. The number of aliphatic hydroxyl groups is 1. The molecule has 8 heteroatoms. The summed E-state index contributed by atoms with van der Waals surface area (Å²) in [7, 11) is 0. The topological polar surface area (TPSA) is 101 Å². The Balaban J connectivity index is 0.000000307. The Labute approximate surface area is 174 Å². The van der Waals surface area contributed by atoms with E-state index in [0.717, 1.165) is 20.2 Å². The molecule has 2 aromatic rings. The van der Waals surface area contributed by atoms with Gasteiger partial charge in [-0.15, -0.1) is 11.3 Å². The molecule has 0 aliphatic carbocycles. The monoisotopic (exact) mass is 427 g/mol. The summed E-state index contributed by atoms with van der Waals surface area (Å²) < 4.78 is 14.6. The first kappa shape index (κ1) is 24.4. The summed E-state index contributed by atoms with van der Waals surface area (Å²) in [6.07, 6.45) is 0. The molecule has 2 amide bonds. The van der Waals surface area contributed by atoms with Gasteiger partial charge in [0.15, 0.2) is 0 Å². The van der Waals surface area contributed by atoms with Crippen molar-refractivity contribution in [3.05, 3.63) is 46.1 Å². The molecule has 0 unspecified atom stereocenters. The van der Waals surface area contributed by atoms with Crippen LogP contribution in [0.4, 0.5) is 14.9 Å². The lowest BCUT2D eigenvalue weighted by Gasteiger charge is -2.19. The third kappa shape index (κ3) is 7.09. The zero-order chi connectivity index (χ0) is 21.6. The molecule has 5 nitrogen and oxygen atoms in total. The SMILES string of the molecule is CC(C)(O)c1ccc(SN)s1.CC(C)c1cc(F)cc(C(C)C)c1NC(N)=O. The summed E-state index contributed by atoms with van der Waals surface area (Å²) in [6, 6.07) is 6.09. The molecule has 1 aromatic carbocycles. The van der Waals surface area contributed by atoms with Crippen LogP contribution in [0.25, 0.3) is 0 Å². The molecule has 0 radical (unpaired) electrons. The predicted molar refractivity (Wildman–Crippen MR) is 117 cm³/mol. The maximum Gasteiger partial charge on any atom is 0.316 e. The number of nitrogens with two attached hydrogens (primary N) is 2. The minimum absolute atomic E-state index is 0.116. The van der Waals surface area contributed by atoms with Crippen LogP contribution in [0.15, 0.2) is 28.5 Å². The Morgan fingerprint density at radius 2 is 1.68 bits per heavy atom. The van der Waals surface area contributed by atoms with E-state index in [4.69, 9.17) is 10.9 Å². The van der Waals surface area contributed by atoms with Crippen molar-refractivity contribution in [1.82, 2.24) is 0 Å². The molecule has 0 atom stereocenters. The van der Waals surface area contributed by atoms with Crippen molar-refractivity contribution in [3.63, 3.8) is 0 Å². The van der Waals surface area contributed by atoms with Gasteiger partial charge in [-0.2, -0.15) is 0 Å². The molecule has 1 heterocycles. The summed E-state index contributed by atoms with van der Waals surface area (Å²) in [5.74, 6) is -0.0532. The first-order chi connectivity index (χ1) is 12.9. The van der Waals surface area contributed by atoms with Gasteiger partial charge in [0.2, 0.25) is 0 Å². The van der Waals surface area contributed by atoms with Gasteiger partial charge >= 0.3 is 6.03 Å². The Kier molecular flexibility index (Phi) is 8.94. The largest absolute Gasteiger partial charge is 0.385 e. The number of rotatable bonds is 5. The van der Waals surface area contributed by atoms with Crippen molar-refractivity contribution >= 4 is 35.0 Å². The van der Waals surface area contributed by atoms with E-state index in [1.807, 2.05) is 39.8 Å². The van der Waals surface area contributed by atoms with Gasteiger partial charge in [-0.3, -0.25) is 5.14 Å². The predicted octanol–water partition coefficient (Wildman–Crippen LogP) is 5.50. The summed E-state index contributed by atoms with van der Waals surface area (Å²) in [6.45, 7) is 11.3. The summed E-state index contributed by atoms with van der Waals surface area (Å²) in [4.78, 5) is 12.0. The van der Waals surface area contributed by atoms with Gasteiger partial charge in [0.1, 0.15) is 5.82 Å². The van der Waals surface area contributed by atoms with Crippen molar-refractivity contribution in [2.45, 2.75) is 63.2 Å². The number of primary amides is 1. The van der Waals surface area contributed by atoms with Gasteiger partial charge < -0.3 is 16.2 Å². The molecule has 1 aromatic heterocycles. The molecule has 0 saturated heterocycles. The second-order valence-electron chi connectivity index (χ2n) is 7.55. The number of benzene rings is 1. The van der Waals surface area contributed by atoms with E-state index in [-0.39, 0.29) is 17.7 Å². The van der Waals surface area contributed by atoms with Crippen molar-refractivity contribution in [3.8, 4) is 0 Å². The Hall–Kier alpha value is -1.61. The van der Waals surface area contributed by atoms with Crippen LogP contribution in [0, 0.1) is 5.82 Å². The van der Waals surface area contributed by atoms with Crippen LogP contribution in [-0.4, -0.2) is 11.1 Å². The van der Waals surface area contributed by atoms with Crippen molar-refractivity contribution < 1.29 is 14.3 Å². The van der Waals surface area contributed by atoms with Gasteiger partial charge in [0.25, 0.3) is 0 Å². The van der Waals surface area contributed by atoms with E-state index >= 15 is 0 Å². The molecule has 0 aliphatic heterocycles. The van der Waals surface area contributed by atoms with Crippen LogP contribution in [0.3, 0.4) is 0 Å². The average molecular weight is 428 g/mol.